The van der Waals surface area contributed by atoms with Crippen LogP contribution in [-0.2, 0) is 50.9 Å². The second-order valence-electron chi connectivity index (χ2n) is 15.0. The summed E-state index contributed by atoms with van der Waals surface area (Å²) in [4.78, 5) is 57.9. The van der Waals surface area contributed by atoms with Crippen molar-refractivity contribution in [2.75, 3.05) is 40.9 Å². The van der Waals surface area contributed by atoms with Crippen LogP contribution in [0.1, 0.15) is 78.4 Å². The summed E-state index contributed by atoms with van der Waals surface area (Å²) in [5.74, 6) is -1.32. The zero-order valence-corrected chi connectivity index (χ0v) is 33.4. The van der Waals surface area contributed by atoms with E-state index >= 15 is 0 Å². The first-order valence-electron chi connectivity index (χ1n) is 18.1. The quantitative estimate of drug-likeness (QED) is 0.0412. The van der Waals surface area contributed by atoms with Gasteiger partial charge in [-0.2, -0.15) is 0 Å². The zero-order chi connectivity index (χ0) is 40.4. The Labute approximate surface area is 321 Å². The number of amides is 2. The van der Waals surface area contributed by atoms with Crippen molar-refractivity contribution in [1.29, 1.82) is 0 Å². The van der Waals surface area contributed by atoms with Crippen molar-refractivity contribution in [3.63, 3.8) is 0 Å². The maximum Gasteiger partial charge on any atom is 0.413 e. The van der Waals surface area contributed by atoms with Crippen LogP contribution in [-0.4, -0.2) is 97.1 Å². The average Bonchev–Trinajstić information content (AvgIpc) is 3.09. The maximum absolute atomic E-state index is 14.1. The van der Waals surface area contributed by atoms with E-state index in [0.717, 1.165) is 11.1 Å². The summed E-state index contributed by atoms with van der Waals surface area (Å²) in [5.41, 5.74) is -3.17. The highest BCUT2D eigenvalue weighted by Gasteiger charge is 2.50. The van der Waals surface area contributed by atoms with E-state index in [2.05, 4.69) is 13.2 Å². The van der Waals surface area contributed by atoms with Crippen LogP contribution in [0, 0.1) is 0 Å². The summed E-state index contributed by atoms with van der Waals surface area (Å²) in [6.45, 7) is 17.6. The lowest BCUT2D eigenvalue weighted by molar-refractivity contribution is -0.163. The van der Waals surface area contributed by atoms with Gasteiger partial charge in [-0.15, -0.1) is 13.2 Å². The molecule has 2 rings (SSSR count). The fraction of sp³-hybridized carbons (Fsp3) is 0.524. The van der Waals surface area contributed by atoms with E-state index in [9.17, 15) is 19.2 Å². The van der Waals surface area contributed by atoms with Gasteiger partial charge in [-0.25, -0.2) is 19.2 Å². The number of carbonyl (C=O) groups excluding carboxylic acids is 4. The SMILES string of the molecule is C=CC[C@@](Cc1ccccc1)(C(=O)OCCCCOC(=O)[C@@](CC=C)(Cc1ccccc1)N(COC)C(=O)OC(C)(C)C)N(COC)C(=O)OC(C)(C)C. The van der Waals surface area contributed by atoms with E-state index in [4.69, 9.17) is 28.4 Å². The Morgan fingerprint density at radius 2 is 0.926 bits per heavy atom. The lowest BCUT2D eigenvalue weighted by atomic mass is 9.85. The first-order valence-corrected chi connectivity index (χ1v) is 18.1. The van der Waals surface area contributed by atoms with Crippen LogP contribution in [0.15, 0.2) is 86.0 Å². The molecule has 0 saturated heterocycles. The van der Waals surface area contributed by atoms with Crippen LogP contribution in [0.5, 0.6) is 0 Å². The van der Waals surface area contributed by atoms with Crippen molar-refractivity contribution in [2.24, 2.45) is 0 Å². The molecule has 0 radical (unpaired) electrons. The van der Waals surface area contributed by atoms with Crippen molar-refractivity contribution >= 4 is 24.1 Å². The molecule has 0 saturated carbocycles. The van der Waals surface area contributed by atoms with Crippen molar-refractivity contribution in [1.82, 2.24) is 9.80 Å². The van der Waals surface area contributed by atoms with Gasteiger partial charge >= 0.3 is 24.1 Å². The van der Waals surface area contributed by atoms with Crippen molar-refractivity contribution in [2.45, 2.75) is 102 Å². The molecule has 298 valence electrons. The second-order valence-corrected chi connectivity index (χ2v) is 15.0. The number of unbranched alkanes of at least 4 members (excludes halogenated alkanes) is 1. The molecule has 2 atom stereocenters. The van der Waals surface area contributed by atoms with Gasteiger partial charge in [0.15, 0.2) is 11.1 Å². The molecular formula is C42H60N2O10. The number of rotatable bonds is 21. The number of hydrogen-bond acceptors (Lipinski definition) is 10. The molecule has 0 aromatic heterocycles. The molecule has 0 fully saturated rings. The fourth-order valence-corrected chi connectivity index (χ4v) is 5.83. The van der Waals surface area contributed by atoms with Crippen molar-refractivity contribution < 1.29 is 47.6 Å². The van der Waals surface area contributed by atoms with E-state index < -0.39 is 46.4 Å². The third-order valence-corrected chi connectivity index (χ3v) is 8.19. The number of hydrogen-bond donors (Lipinski definition) is 0. The standard InChI is InChI=1S/C42H60N2O10/c1-11-25-41(29-33-21-15-13-16-22-33,43(31-49-9)37(47)53-39(3,4)5)35(45)51-27-19-20-28-52-36(46)42(26-12-2,30-34-23-17-14-18-24-34)44(32-50-10)38(48)54-40(6,7)8/h11-18,21-24H,1-2,19-20,25-32H2,3-10H3/t41-,42-/m1/s1. The second kappa shape index (κ2) is 21.3. The van der Waals surface area contributed by atoms with Gasteiger partial charge in [0.05, 0.1) is 13.2 Å². The third-order valence-electron chi connectivity index (χ3n) is 8.19. The molecule has 0 heterocycles. The van der Waals surface area contributed by atoms with E-state index in [1.807, 2.05) is 60.7 Å². The Bertz CT molecular complexity index is 1390. The number of carbonyl (C=O) groups is 4. The summed E-state index contributed by atoms with van der Waals surface area (Å²) in [7, 11) is 2.85. The normalized spacial score (nSPS) is 13.7. The molecule has 0 aliphatic heterocycles. The smallest absolute Gasteiger partial charge is 0.413 e. The van der Waals surface area contributed by atoms with Crippen molar-refractivity contribution in [3.8, 4) is 0 Å². The van der Waals surface area contributed by atoms with E-state index in [-0.39, 0.29) is 52.4 Å². The van der Waals surface area contributed by atoms with E-state index in [1.165, 1.54) is 24.0 Å². The molecule has 0 N–H and O–H groups in total. The lowest BCUT2D eigenvalue weighted by Gasteiger charge is -2.41. The molecule has 0 bridgehead atoms. The fourth-order valence-electron chi connectivity index (χ4n) is 5.83. The van der Waals surface area contributed by atoms with Crippen LogP contribution in [0.4, 0.5) is 9.59 Å². The van der Waals surface area contributed by atoms with E-state index in [0.29, 0.717) is 12.8 Å². The molecule has 12 nitrogen and oxygen atoms in total. The molecule has 2 amide bonds. The topological polar surface area (TPSA) is 130 Å². The summed E-state index contributed by atoms with van der Waals surface area (Å²) in [6, 6.07) is 18.6. The summed E-state index contributed by atoms with van der Waals surface area (Å²) < 4.78 is 33.9. The van der Waals surface area contributed by atoms with Gasteiger partial charge in [-0.3, -0.25) is 9.80 Å². The minimum Gasteiger partial charge on any atom is -0.464 e. The molecular weight excluding hydrogens is 692 g/mol. The van der Waals surface area contributed by atoms with Gasteiger partial charge in [0.2, 0.25) is 0 Å². The van der Waals surface area contributed by atoms with Crippen LogP contribution in [0.3, 0.4) is 0 Å². The van der Waals surface area contributed by atoms with Gasteiger partial charge in [0, 0.05) is 27.1 Å². The third kappa shape index (κ3) is 13.6. The molecule has 0 unspecified atom stereocenters. The highest BCUT2D eigenvalue weighted by molar-refractivity contribution is 5.87. The van der Waals surface area contributed by atoms with Crippen LogP contribution >= 0.6 is 0 Å². The Morgan fingerprint density at radius 1 is 0.593 bits per heavy atom. The van der Waals surface area contributed by atoms with Gasteiger partial charge in [-0.05, 0) is 78.4 Å². The number of benzene rings is 2. The number of ether oxygens (including phenoxy) is 6. The molecule has 0 aliphatic rings. The Hall–Kier alpha value is -4.68. The van der Waals surface area contributed by atoms with Gasteiger partial charge in [0.25, 0.3) is 0 Å². The number of esters is 2. The minimum absolute atomic E-state index is 0.0330. The monoisotopic (exact) mass is 752 g/mol. The molecule has 0 aliphatic carbocycles. The molecule has 0 spiro atoms. The predicted molar refractivity (Wildman–Crippen MR) is 206 cm³/mol. The number of methoxy groups -OCH3 is 2. The zero-order valence-electron chi connectivity index (χ0n) is 33.4. The van der Waals surface area contributed by atoms with Crippen LogP contribution in [0.25, 0.3) is 0 Å². The Kier molecular flexibility index (Phi) is 17.9. The Morgan fingerprint density at radius 3 is 1.20 bits per heavy atom. The molecule has 54 heavy (non-hydrogen) atoms. The summed E-state index contributed by atoms with van der Waals surface area (Å²) in [5, 5.41) is 0. The van der Waals surface area contributed by atoms with E-state index in [1.54, 1.807) is 53.7 Å². The summed E-state index contributed by atoms with van der Waals surface area (Å²) in [6.07, 6.45) is 2.64. The van der Waals surface area contributed by atoms with Gasteiger partial charge in [0.1, 0.15) is 24.7 Å². The van der Waals surface area contributed by atoms with Crippen molar-refractivity contribution in [3.05, 3.63) is 97.1 Å². The lowest BCUT2D eigenvalue weighted by Crippen LogP contribution is -2.60. The largest absolute Gasteiger partial charge is 0.464 e. The van der Waals surface area contributed by atoms with Gasteiger partial charge < -0.3 is 28.4 Å². The predicted octanol–water partition coefficient (Wildman–Crippen LogP) is 7.65. The number of nitrogens with zero attached hydrogens (tertiary/aromatic N) is 2. The highest BCUT2D eigenvalue weighted by Crippen LogP contribution is 2.32. The maximum atomic E-state index is 14.1. The first kappa shape index (κ1) is 45.5. The van der Waals surface area contributed by atoms with Crippen LogP contribution in [0.2, 0.25) is 0 Å². The molecule has 12 heteroatoms. The Balaban J connectivity index is 2.30. The summed E-state index contributed by atoms with van der Waals surface area (Å²) >= 11 is 0. The first-order chi connectivity index (χ1) is 25.5. The highest BCUT2D eigenvalue weighted by atomic mass is 16.6. The minimum atomic E-state index is -1.54. The van der Waals surface area contributed by atoms with Gasteiger partial charge in [-0.1, -0.05) is 72.8 Å². The molecule has 2 aromatic carbocycles. The molecule has 2 aromatic rings. The average molecular weight is 753 g/mol. The van der Waals surface area contributed by atoms with Crippen LogP contribution < -0.4 is 0 Å².